The van der Waals surface area contributed by atoms with Crippen molar-refractivity contribution in [3.05, 3.63) is 30.3 Å². The molecule has 0 saturated carbocycles. The molecule has 1 rings (SSSR count). The summed E-state index contributed by atoms with van der Waals surface area (Å²) in [5.74, 6) is -0.226. The predicted molar refractivity (Wildman–Crippen MR) is 33.1 cm³/mol. The van der Waals surface area contributed by atoms with E-state index in [0.717, 1.165) is 0 Å². The molecule has 4 heteroatoms. The molecule has 59 valence electrons. The van der Waals surface area contributed by atoms with E-state index >= 15 is 0 Å². The quantitative estimate of drug-likeness (QED) is 0.616. The van der Waals surface area contributed by atoms with Gasteiger partial charge in [0.05, 0.1) is 0 Å². The summed E-state index contributed by atoms with van der Waals surface area (Å²) < 4.78 is 38.1. The molecule has 0 saturated heterocycles. The third kappa shape index (κ3) is 2.93. The highest BCUT2D eigenvalue weighted by atomic mass is 19.4. The molecule has 0 N–H and O–H groups in total. The van der Waals surface area contributed by atoms with Crippen molar-refractivity contribution in [3.63, 3.8) is 0 Å². The fourth-order valence-corrected chi connectivity index (χ4v) is 0.573. The van der Waals surface area contributed by atoms with Crippen LogP contribution in [0.25, 0.3) is 0 Å². The van der Waals surface area contributed by atoms with Crippen LogP contribution in [0.2, 0.25) is 0 Å². The van der Waals surface area contributed by atoms with E-state index in [4.69, 9.17) is 0 Å². The molecule has 0 spiro atoms. The Bertz CT molecular complexity index is 222. The summed E-state index contributed by atoms with van der Waals surface area (Å²) in [7, 11) is 0. The van der Waals surface area contributed by atoms with Gasteiger partial charge in [-0.3, -0.25) is 0 Å². The van der Waals surface area contributed by atoms with Gasteiger partial charge >= 0.3 is 7.79 Å². The van der Waals surface area contributed by atoms with Crippen molar-refractivity contribution in [3.8, 4) is 5.75 Å². The zero-order valence-corrected chi connectivity index (χ0v) is 5.35. The summed E-state index contributed by atoms with van der Waals surface area (Å²) in [5.41, 5.74) is 0. The van der Waals surface area contributed by atoms with Gasteiger partial charge in [0.1, 0.15) is 5.75 Å². The van der Waals surface area contributed by atoms with Gasteiger partial charge in [-0.25, -0.2) is 0 Å². The molecule has 0 amide bonds. The molecule has 0 unspecified atom stereocenters. The maximum absolute atomic E-state index is 11.5. The van der Waals surface area contributed by atoms with E-state index < -0.39 is 6.36 Å². The third-order valence-corrected chi connectivity index (χ3v) is 0.921. The van der Waals surface area contributed by atoms with Crippen molar-refractivity contribution in [1.82, 2.24) is 0 Å². The second kappa shape index (κ2) is 2.82. The lowest BCUT2D eigenvalue weighted by Crippen LogP contribution is -2.16. The lowest BCUT2D eigenvalue weighted by atomic mass is 10.3. The molecule has 1 aromatic carbocycles. The van der Waals surface area contributed by atoms with Crippen LogP contribution in [0.5, 0.6) is 5.75 Å². The molecule has 0 atom stereocenters. The first-order valence-corrected chi connectivity index (χ1v) is 2.80. The van der Waals surface area contributed by atoms with Crippen LogP contribution in [0.15, 0.2) is 24.3 Å². The number of hydrogen-bond donors (Lipinski definition) is 0. The zero-order valence-electron chi connectivity index (χ0n) is 6.35. The van der Waals surface area contributed by atoms with Crippen molar-refractivity contribution in [2.75, 3.05) is 0 Å². The average Bonchev–Trinajstić information content (AvgIpc) is 1.85. The van der Waals surface area contributed by atoms with Gasteiger partial charge in [0.25, 0.3) is 0 Å². The van der Waals surface area contributed by atoms with Crippen LogP contribution < -0.4 is 4.74 Å². The molecule has 0 aliphatic rings. The second-order valence-electron chi connectivity index (χ2n) is 1.78. The van der Waals surface area contributed by atoms with Crippen LogP contribution in [0.4, 0.5) is 13.2 Å². The van der Waals surface area contributed by atoms with Crippen molar-refractivity contribution in [2.45, 2.75) is 6.36 Å². The Labute approximate surface area is 62.9 Å². The summed E-state index contributed by atoms with van der Waals surface area (Å²) in [6.07, 6.45) is -4.61. The standard InChI is InChI=1S/C7H4F3O/c8-7(9,10)11-6-4-2-1-3-5-6/h2-5H/p+1. The molecule has 0 aliphatic carbocycles. The Morgan fingerprint density at radius 2 is 1.82 bits per heavy atom. The lowest BCUT2D eigenvalue weighted by molar-refractivity contribution is -0.274. The van der Waals surface area contributed by atoms with Crippen LogP contribution in [0.1, 0.15) is 1.43 Å². The van der Waals surface area contributed by atoms with Gasteiger partial charge in [0, 0.05) is 0 Å². The van der Waals surface area contributed by atoms with Gasteiger partial charge in [-0.15, -0.1) is 13.2 Å². The van der Waals surface area contributed by atoms with E-state index in [1.165, 1.54) is 24.3 Å². The Kier molecular flexibility index (Phi) is 2.03. The van der Waals surface area contributed by atoms with E-state index in [2.05, 4.69) is 10.8 Å². The highest BCUT2D eigenvalue weighted by Gasteiger charge is 2.30. The monoisotopic (exact) mass is 162 g/mol. The van der Waals surface area contributed by atoms with Gasteiger partial charge in [0.15, 0.2) is 0 Å². The van der Waals surface area contributed by atoms with Gasteiger partial charge in [-0.1, -0.05) is 12.1 Å². The van der Waals surface area contributed by atoms with Crippen LogP contribution in [-0.2, 0) is 0 Å². The molecule has 0 fully saturated rings. The summed E-state index contributed by atoms with van der Waals surface area (Å²) in [5, 5.41) is 0. The molecular formula is C7H5F3O+. The van der Waals surface area contributed by atoms with Crippen molar-refractivity contribution in [1.29, 1.82) is 0 Å². The average molecular weight is 162 g/mol. The number of alkyl halides is 3. The zero-order chi connectivity index (χ0) is 8.32. The Hall–Kier alpha value is -1.19. The van der Waals surface area contributed by atoms with Crippen LogP contribution >= 0.6 is 0 Å². The Morgan fingerprint density at radius 3 is 2.27 bits per heavy atom. The minimum Gasteiger partial charge on any atom is -0.406 e. The molecular weight excluding hydrogens is 157 g/mol. The Balaban J connectivity index is 0.00000121. The molecule has 11 heavy (non-hydrogen) atoms. The first-order chi connectivity index (χ1) is 5.08. The van der Waals surface area contributed by atoms with Gasteiger partial charge in [0.2, 0.25) is 0 Å². The van der Waals surface area contributed by atoms with Gasteiger partial charge in [-0.05, 0) is 18.2 Å². The van der Waals surface area contributed by atoms with Crippen molar-refractivity contribution >= 4 is 0 Å². The van der Waals surface area contributed by atoms with E-state index in [-0.39, 0.29) is 7.18 Å². The number of rotatable bonds is 1. The fourth-order valence-electron chi connectivity index (χ4n) is 0.573. The minimum absolute atomic E-state index is 0. The number of hydrogen-bond acceptors (Lipinski definition) is 1. The molecule has 1 nitrogen and oxygen atoms in total. The van der Waals surface area contributed by atoms with E-state index in [1.54, 1.807) is 0 Å². The smallest absolute Gasteiger partial charge is 0.406 e. The molecule has 0 bridgehead atoms. The lowest BCUT2D eigenvalue weighted by Gasteiger charge is -2.07. The van der Waals surface area contributed by atoms with Crippen LogP contribution in [0, 0.1) is 6.07 Å². The van der Waals surface area contributed by atoms with E-state index in [0.29, 0.717) is 0 Å². The van der Waals surface area contributed by atoms with E-state index in [1.807, 2.05) is 0 Å². The molecule has 0 heterocycles. The first kappa shape index (κ1) is 7.91. The predicted octanol–water partition coefficient (Wildman–Crippen LogP) is 2.50. The maximum atomic E-state index is 11.5. The van der Waals surface area contributed by atoms with Gasteiger partial charge < -0.3 is 4.74 Å². The summed E-state index contributed by atoms with van der Waals surface area (Å²) in [6.45, 7) is 0. The van der Waals surface area contributed by atoms with Crippen molar-refractivity contribution < 1.29 is 19.3 Å². The summed E-state index contributed by atoms with van der Waals surface area (Å²) in [4.78, 5) is 0. The maximum Gasteiger partial charge on any atom is 1.00 e. The normalized spacial score (nSPS) is 11.2. The minimum atomic E-state index is -4.61. The largest absolute Gasteiger partial charge is 1.00 e. The Morgan fingerprint density at radius 1 is 1.27 bits per heavy atom. The summed E-state index contributed by atoms with van der Waals surface area (Å²) in [6, 6.07) is 7.64. The van der Waals surface area contributed by atoms with E-state index in [9.17, 15) is 13.2 Å². The van der Waals surface area contributed by atoms with Crippen LogP contribution in [0.3, 0.4) is 0 Å². The first-order valence-electron chi connectivity index (χ1n) is 2.80. The molecule has 0 aliphatic heterocycles. The van der Waals surface area contributed by atoms with Crippen molar-refractivity contribution in [2.24, 2.45) is 0 Å². The number of benzene rings is 1. The van der Waals surface area contributed by atoms with Crippen LogP contribution in [-0.4, -0.2) is 6.36 Å². The molecule has 1 radical (unpaired) electrons. The number of ether oxygens (including phenoxy) is 1. The second-order valence-corrected chi connectivity index (χ2v) is 1.78. The SMILES string of the molecule is FC(F)(F)Oc1cc[c]cc1.[H+]. The topological polar surface area (TPSA) is 9.23 Å². The third-order valence-electron chi connectivity index (χ3n) is 0.921. The highest BCUT2D eigenvalue weighted by Crippen LogP contribution is 2.21. The molecule has 1 aromatic rings. The molecule has 0 aromatic heterocycles. The highest BCUT2D eigenvalue weighted by molar-refractivity contribution is 5.20. The van der Waals surface area contributed by atoms with Gasteiger partial charge in [-0.2, -0.15) is 0 Å². The number of halogens is 3. The fraction of sp³-hybridized carbons (Fsp3) is 0.143. The summed E-state index contributed by atoms with van der Waals surface area (Å²) >= 11 is 0.